The quantitative estimate of drug-likeness (QED) is 0.551. The fourth-order valence-corrected chi connectivity index (χ4v) is 3.35. The summed E-state index contributed by atoms with van der Waals surface area (Å²) in [4.78, 5) is 36.6. The van der Waals surface area contributed by atoms with Crippen molar-refractivity contribution < 1.29 is 23.9 Å². The molecule has 1 aliphatic rings. The molecule has 0 aromatic heterocycles. The molecule has 0 bridgehead atoms. The van der Waals surface area contributed by atoms with Crippen molar-refractivity contribution in [1.29, 1.82) is 0 Å². The zero-order valence-electron chi connectivity index (χ0n) is 17.0. The second-order valence-corrected chi connectivity index (χ2v) is 8.65. The number of hydrogen-bond donors (Lipinski definition) is 2. The van der Waals surface area contributed by atoms with Crippen LogP contribution in [0.1, 0.15) is 41.0 Å². The number of ether oxygens (including phenoxy) is 2. The van der Waals surface area contributed by atoms with Crippen molar-refractivity contribution in [1.82, 2.24) is 5.32 Å². The summed E-state index contributed by atoms with van der Waals surface area (Å²) in [5.41, 5.74) is 0.0294. The molecule has 7 heteroatoms. The molecule has 0 unspecified atom stereocenters. The highest BCUT2D eigenvalue weighted by molar-refractivity contribution is 6.20. The Morgan fingerprint density at radius 1 is 1.11 bits per heavy atom. The first-order valence-corrected chi connectivity index (χ1v) is 9.17. The molecule has 0 radical (unpaired) electrons. The van der Waals surface area contributed by atoms with E-state index in [1.807, 2.05) is 19.9 Å². The van der Waals surface area contributed by atoms with Gasteiger partial charge < -0.3 is 20.1 Å². The molecule has 1 aliphatic heterocycles. The zero-order valence-corrected chi connectivity index (χ0v) is 17.0. The molecule has 1 amide bonds. The number of esters is 1. The van der Waals surface area contributed by atoms with Crippen molar-refractivity contribution in [3.05, 3.63) is 41.8 Å². The van der Waals surface area contributed by atoms with Crippen molar-refractivity contribution in [2.24, 2.45) is 5.41 Å². The molecular formula is C21H28N2O5. The van der Waals surface area contributed by atoms with Gasteiger partial charge in [-0.25, -0.2) is 4.79 Å². The van der Waals surface area contributed by atoms with Gasteiger partial charge in [0.1, 0.15) is 0 Å². The van der Waals surface area contributed by atoms with E-state index >= 15 is 0 Å². The van der Waals surface area contributed by atoms with Crippen LogP contribution in [0.2, 0.25) is 0 Å². The van der Waals surface area contributed by atoms with E-state index in [0.717, 1.165) is 6.42 Å². The topological polar surface area (TPSA) is 93.7 Å². The summed E-state index contributed by atoms with van der Waals surface area (Å²) >= 11 is 0. The molecule has 7 nitrogen and oxygen atoms in total. The van der Waals surface area contributed by atoms with E-state index in [-0.39, 0.29) is 23.5 Å². The van der Waals surface area contributed by atoms with Crippen LogP contribution in [0.15, 0.2) is 41.8 Å². The second kappa shape index (κ2) is 8.46. The summed E-state index contributed by atoms with van der Waals surface area (Å²) in [6, 6.07) is 9.00. The van der Waals surface area contributed by atoms with Crippen LogP contribution in [-0.2, 0) is 23.9 Å². The van der Waals surface area contributed by atoms with E-state index in [9.17, 15) is 14.4 Å². The van der Waals surface area contributed by atoms with Crippen LogP contribution in [-0.4, -0.2) is 36.4 Å². The Labute approximate surface area is 165 Å². The third kappa shape index (κ3) is 6.40. The molecule has 28 heavy (non-hydrogen) atoms. The molecule has 2 rings (SSSR count). The lowest BCUT2D eigenvalue weighted by Crippen LogP contribution is -2.47. The van der Waals surface area contributed by atoms with Crippen LogP contribution >= 0.6 is 0 Å². The van der Waals surface area contributed by atoms with Gasteiger partial charge in [0, 0.05) is 11.2 Å². The molecule has 2 N–H and O–H groups in total. The predicted molar refractivity (Wildman–Crippen MR) is 105 cm³/mol. The summed E-state index contributed by atoms with van der Waals surface area (Å²) in [6.45, 7) is 9.36. The lowest BCUT2D eigenvalue weighted by atomic mass is 9.82. The van der Waals surface area contributed by atoms with Gasteiger partial charge in [-0.3, -0.25) is 9.59 Å². The number of Topliss-reactive ketones (excluding diaryl/α,β-unsaturated/α-hetero) is 1. The van der Waals surface area contributed by atoms with Crippen LogP contribution in [0.5, 0.6) is 0 Å². The molecular weight excluding hydrogens is 360 g/mol. The van der Waals surface area contributed by atoms with Gasteiger partial charge in [-0.15, -0.1) is 0 Å². The minimum absolute atomic E-state index is 0.0316. The number of anilines is 1. The Kier molecular flexibility index (Phi) is 6.48. The Morgan fingerprint density at radius 2 is 1.75 bits per heavy atom. The van der Waals surface area contributed by atoms with Crippen molar-refractivity contribution in [3.63, 3.8) is 0 Å². The van der Waals surface area contributed by atoms with Crippen molar-refractivity contribution in [2.45, 2.75) is 46.6 Å². The fourth-order valence-electron chi connectivity index (χ4n) is 3.35. The van der Waals surface area contributed by atoms with Gasteiger partial charge in [-0.1, -0.05) is 39.0 Å². The number of benzene rings is 1. The molecule has 0 fully saturated rings. The van der Waals surface area contributed by atoms with Gasteiger partial charge in [-0.05, 0) is 37.8 Å². The average molecular weight is 388 g/mol. The minimum Gasteiger partial charge on any atom is -0.470 e. The summed E-state index contributed by atoms with van der Waals surface area (Å²) < 4.78 is 10.3. The number of rotatable bonds is 7. The molecule has 152 valence electrons. The molecule has 1 aromatic carbocycles. The number of nitrogens with one attached hydrogen (secondary N) is 2. The SMILES string of the molecule is CC(C)(C)CC(C)(C)NC(=O)COC(=O)C1=C(Nc2ccccc2)OCC1=O. The Hall–Kier alpha value is -2.83. The summed E-state index contributed by atoms with van der Waals surface area (Å²) in [5.74, 6) is -1.76. The normalized spacial score (nSPS) is 14.5. The van der Waals surface area contributed by atoms with E-state index < -0.39 is 29.8 Å². The third-order valence-corrected chi connectivity index (χ3v) is 3.87. The smallest absolute Gasteiger partial charge is 0.347 e. The van der Waals surface area contributed by atoms with Gasteiger partial charge in [0.25, 0.3) is 5.91 Å². The monoisotopic (exact) mass is 388 g/mol. The summed E-state index contributed by atoms with van der Waals surface area (Å²) in [7, 11) is 0. The molecule has 1 aromatic rings. The lowest BCUT2D eigenvalue weighted by molar-refractivity contribution is -0.146. The standard InChI is InChI=1S/C21H28N2O5/c1-20(2,3)13-21(4,5)23-16(25)12-28-19(26)17-15(24)11-27-18(17)22-14-9-7-6-8-10-14/h6-10,22H,11-13H2,1-5H3,(H,23,25). The van der Waals surface area contributed by atoms with Gasteiger partial charge in [0.15, 0.2) is 18.8 Å². The maximum Gasteiger partial charge on any atom is 0.347 e. The zero-order chi connectivity index (χ0) is 20.9. The number of amides is 1. The maximum absolute atomic E-state index is 12.4. The highest BCUT2D eigenvalue weighted by Crippen LogP contribution is 2.26. The highest BCUT2D eigenvalue weighted by atomic mass is 16.5. The molecule has 0 saturated heterocycles. The number of carbonyl (C=O) groups excluding carboxylic acids is 3. The third-order valence-electron chi connectivity index (χ3n) is 3.87. The average Bonchev–Trinajstić information content (AvgIpc) is 2.91. The van der Waals surface area contributed by atoms with E-state index in [1.54, 1.807) is 24.3 Å². The van der Waals surface area contributed by atoms with Gasteiger partial charge in [0.05, 0.1) is 0 Å². The molecule has 0 spiro atoms. The first-order valence-electron chi connectivity index (χ1n) is 9.17. The molecule has 0 atom stereocenters. The van der Waals surface area contributed by atoms with Gasteiger partial charge >= 0.3 is 5.97 Å². The van der Waals surface area contributed by atoms with Gasteiger partial charge in [-0.2, -0.15) is 0 Å². The van der Waals surface area contributed by atoms with E-state index in [0.29, 0.717) is 5.69 Å². The summed E-state index contributed by atoms with van der Waals surface area (Å²) in [5, 5.41) is 5.75. The number of carbonyl (C=O) groups is 3. The van der Waals surface area contributed by atoms with Crippen molar-refractivity contribution in [3.8, 4) is 0 Å². The first-order chi connectivity index (χ1) is 13.0. The van der Waals surface area contributed by atoms with Crippen LogP contribution in [0.3, 0.4) is 0 Å². The highest BCUT2D eigenvalue weighted by Gasteiger charge is 2.33. The second-order valence-electron chi connectivity index (χ2n) is 8.65. The minimum atomic E-state index is -0.885. The van der Waals surface area contributed by atoms with Gasteiger partial charge in [0.2, 0.25) is 11.7 Å². The largest absolute Gasteiger partial charge is 0.470 e. The lowest BCUT2D eigenvalue weighted by Gasteiger charge is -2.33. The number of para-hydroxylation sites is 1. The van der Waals surface area contributed by atoms with Crippen molar-refractivity contribution in [2.75, 3.05) is 18.5 Å². The predicted octanol–water partition coefficient (Wildman–Crippen LogP) is 2.78. The number of hydrogen-bond acceptors (Lipinski definition) is 6. The van der Waals surface area contributed by atoms with E-state index in [4.69, 9.17) is 9.47 Å². The molecule has 0 saturated carbocycles. The van der Waals surface area contributed by atoms with E-state index in [1.165, 1.54) is 0 Å². The maximum atomic E-state index is 12.4. The fraction of sp³-hybridized carbons (Fsp3) is 0.476. The van der Waals surface area contributed by atoms with Crippen LogP contribution < -0.4 is 10.6 Å². The van der Waals surface area contributed by atoms with Crippen LogP contribution in [0, 0.1) is 5.41 Å². The first kappa shape index (κ1) is 21.5. The van der Waals surface area contributed by atoms with E-state index in [2.05, 4.69) is 31.4 Å². The number of ketones is 1. The Morgan fingerprint density at radius 3 is 2.36 bits per heavy atom. The summed E-state index contributed by atoms with van der Waals surface area (Å²) in [6.07, 6.45) is 0.752. The van der Waals surface area contributed by atoms with Crippen LogP contribution in [0.25, 0.3) is 0 Å². The Bertz CT molecular complexity index is 776. The molecule has 0 aliphatic carbocycles. The van der Waals surface area contributed by atoms with Crippen molar-refractivity contribution >= 4 is 23.3 Å². The Balaban J connectivity index is 1.97. The van der Waals surface area contributed by atoms with Crippen LogP contribution in [0.4, 0.5) is 5.69 Å². The molecule has 1 heterocycles.